The molecule has 5 heteroatoms. The Morgan fingerprint density at radius 3 is 1.23 bits per heavy atom. The second kappa shape index (κ2) is 36.1. The van der Waals surface area contributed by atoms with Crippen molar-refractivity contribution >= 4 is 11.9 Å². The maximum Gasteiger partial charge on any atom is 0.306 e. The third-order valence-electron chi connectivity index (χ3n) is 8.56. The summed E-state index contributed by atoms with van der Waals surface area (Å²) in [6.45, 7) is 4.14. The van der Waals surface area contributed by atoms with E-state index in [2.05, 4.69) is 26.0 Å². The predicted molar refractivity (Wildman–Crippen MR) is 187 cm³/mol. The van der Waals surface area contributed by atoms with Crippen LogP contribution in [0.1, 0.15) is 206 Å². The van der Waals surface area contributed by atoms with Crippen molar-refractivity contribution in [3.05, 3.63) is 12.2 Å². The maximum atomic E-state index is 12.1. The molecule has 0 aromatic carbocycles. The topological polar surface area (TPSA) is 72.8 Å². The van der Waals surface area contributed by atoms with Crippen LogP contribution in [0.25, 0.3) is 0 Å². The second-order valence-electron chi connectivity index (χ2n) is 13.0. The van der Waals surface area contributed by atoms with Gasteiger partial charge in [0.2, 0.25) is 0 Å². The normalized spacial score (nSPS) is 12.2. The van der Waals surface area contributed by atoms with Gasteiger partial charge in [0.25, 0.3) is 0 Å². The summed E-state index contributed by atoms with van der Waals surface area (Å²) >= 11 is 0. The number of rotatable bonds is 35. The van der Waals surface area contributed by atoms with Crippen LogP contribution in [0.15, 0.2) is 12.2 Å². The smallest absolute Gasteiger partial charge is 0.306 e. The van der Waals surface area contributed by atoms with Gasteiger partial charge < -0.3 is 14.6 Å². The quantitative estimate of drug-likeness (QED) is 0.0432. The number of hydrogen-bond acceptors (Lipinski definition) is 5. The van der Waals surface area contributed by atoms with Crippen LogP contribution in [0, 0.1) is 0 Å². The van der Waals surface area contributed by atoms with Crippen LogP contribution in [-0.4, -0.2) is 36.4 Å². The van der Waals surface area contributed by atoms with Crippen LogP contribution < -0.4 is 0 Å². The molecule has 0 aliphatic carbocycles. The molecule has 44 heavy (non-hydrogen) atoms. The molecule has 0 aromatic rings. The van der Waals surface area contributed by atoms with E-state index in [0.29, 0.717) is 12.8 Å². The molecule has 0 amide bonds. The van der Waals surface area contributed by atoms with Crippen molar-refractivity contribution in [2.45, 2.75) is 213 Å². The highest BCUT2D eigenvalue weighted by Gasteiger charge is 2.16. The van der Waals surface area contributed by atoms with E-state index >= 15 is 0 Å². The van der Waals surface area contributed by atoms with E-state index < -0.39 is 6.10 Å². The minimum absolute atomic E-state index is 0.0645. The van der Waals surface area contributed by atoms with E-state index in [1.54, 1.807) is 0 Å². The molecule has 0 aliphatic rings. The Bertz CT molecular complexity index is 632. The maximum absolute atomic E-state index is 12.1. The fourth-order valence-corrected chi connectivity index (χ4v) is 5.61. The van der Waals surface area contributed by atoms with E-state index in [-0.39, 0.29) is 25.2 Å². The molecule has 1 N–H and O–H groups in total. The molecule has 0 aliphatic heterocycles. The lowest BCUT2D eigenvalue weighted by atomic mass is 10.0. The summed E-state index contributed by atoms with van der Waals surface area (Å²) in [6, 6.07) is 0. The summed E-state index contributed by atoms with van der Waals surface area (Å²) in [5.41, 5.74) is 0. The molecule has 0 saturated heterocycles. The van der Waals surface area contributed by atoms with Crippen LogP contribution in [0.2, 0.25) is 0 Å². The third-order valence-corrected chi connectivity index (χ3v) is 8.56. The first kappa shape index (κ1) is 42.6. The Morgan fingerprint density at radius 2 is 0.841 bits per heavy atom. The molecule has 0 saturated carbocycles. The SMILES string of the molecule is CCCCCCCCC=CCCCCCCCC(=O)OCC(CO)OC(=O)CCCCCCCCCCCCCCCCC. The highest BCUT2D eigenvalue weighted by molar-refractivity contribution is 5.70. The molecule has 0 fully saturated rings. The highest BCUT2D eigenvalue weighted by Crippen LogP contribution is 2.14. The van der Waals surface area contributed by atoms with E-state index in [1.165, 1.54) is 135 Å². The Labute approximate surface area is 273 Å². The summed E-state index contributed by atoms with van der Waals surface area (Å²) < 4.78 is 10.6. The van der Waals surface area contributed by atoms with E-state index in [1.807, 2.05) is 0 Å². The lowest BCUT2D eigenvalue weighted by molar-refractivity contribution is -0.161. The Morgan fingerprint density at radius 1 is 0.500 bits per heavy atom. The van der Waals surface area contributed by atoms with Gasteiger partial charge in [-0.3, -0.25) is 9.59 Å². The van der Waals surface area contributed by atoms with Gasteiger partial charge in [-0.25, -0.2) is 0 Å². The number of allylic oxidation sites excluding steroid dienone is 2. The molecular weight excluding hydrogens is 548 g/mol. The van der Waals surface area contributed by atoms with Crippen LogP contribution in [-0.2, 0) is 19.1 Å². The van der Waals surface area contributed by atoms with E-state index in [9.17, 15) is 14.7 Å². The standard InChI is InChI=1S/C39H74O5/c1-3-5-7-9-11-13-15-17-19-21-23-25-27-29-31-33-38(41)43-36-37(35-40)44-39(42)34-32-30-28-26-24-22-20-18-16-14-12-10-8-6-4-2/h17,19,37,40H,3-16,18,20-36H2,1-2H3. The van der Waals surface area contributed by atoms with Gasteiger partial charge in [0.15, 0.2) is 6.10 Å². The van der Waals surface area contributed by atoms with Crippen LogP contribution in [0.3, 0.4) is 0 Å². The van der Waals surface area contributed by atoms with E-state index in [0.717, 1.165) is 44.9 Å². The summed E-state index contributed by atoms with van der Waals surface area (Å²) in [5, 5.41) is 9.54. The molecule has 0 aromatic heterocycles. The van der Waals surface area contributed by atoms with Gasteiger partial charge in [-0.2, -0.15) is 0 Å². The molecule has 0 spiro atoms. The highest BCUT2D eigenvalue weighted by atomic mass is 16.6. The summed E-state index contributed by atoms with van der Waals surface area (Å²) in [4.78, 5) is 24.2. The van der Waals surface area contributed by atoms with Crippen molar-refractivity contribution in [3.63, 3.8) is 0 Å². The Balaban J connectivity index is 3.53. The van der Waals surface area contributed by atoms with Gasteiger partial charge in [0, 0.05) is 12.8 Å². The predicted octanol–water partition coefficient (Wildman–Crippen LogP) is 11.7. The fourth-order valence-electron chi connectivity index (χ4n) is 5.61. The van der Waals surface area contributed by atoms with Gasteiger partial charge in [0.05, 0.1) is 6.61 Å². The molecular formula is C39H74O5. The second-order valence-corrected chi connectivity index (χ2v) is 13.0. The molecule has 0 heterocycles. The van der Waals surface area contributed by atoms with Gasteiger partial charge in [-0.15, -0.1) is 0 Å². The number of carbonyl (C=O) groups is 2. The van der Waals surface area contributed by atoms with Crippen molar-refractivity contribution in [3.8, 4) is 0 Å². The lowest BCUT2D eigenvalue weighted by Crippen LogP contribution is -2.28. The van der Waals surface area contributed by atoms with Crippen LogP contribution >= 0.6 is 0 Å². The largest absolute Gasteiger partial charge is 0.462 e. The monoisotopic (exact) mass is 623 g/mol. The molecule has 0 rings (SSSR count). The summed E-state index contributed by atoms with van der Waals surface area (Å²) in [6.07, 6.45) is 39.8. The minimum Gasteiger partial charge on any atom is -0.462 e. The first-order valence-electron chi connectivity index (χ1n) is 19.2. The minimum atomic E-state index is -0.767. The first-order valence-corrected chi connectivity index (χ1v) is 19.2. The number of aliphatic hydroxyl groups is 1. The third kappa shape index (κ3) is 33.5. The summed E-state index contributed by atoms with van der Waals surface area (Å²) in [5.74, 6) is -0.591. The number of aliphatic hydroxyl groups excluding tert-OH is 1. The van der Waals surface area contributed by atoms with Crippen molar-refractivity contribution in [1.82, 2.24) is 0 Å². The Kier molecular flexibility index (Phi) is 35.0. The fraction of sp³-hybridized carbons (Fsp3) is 0.897. The molecule has 0 bridgehead atoms. The molecule has 0 radical (unpaired) electrons. The number of unbranched alkanes of at least 4 members (excludes halogenated alkanes) is 25. The van der Waals surface area contributed by atoms with Crippen molar-refractivity contribution < 1.29 is 24.2 Å². The number of carbonyl (C=O) groups excluding carboxylic acids is 2. The summed E-state index contributed by atoms with van der Waals surface area (Å²) in [7, 11) is 0. The zero-order valence-electron chi connectivity index (χ0n) is 29.4. The van der Waals surface area contributed by atoms with Crippen molar-refractivity contribution in [1.29, 1.82) is 0 Å². The van der Waals surface area contributed by atoms with Gasteiger partial charge >= 0.3 is 11.9 Å². The molecule has 260 valence electrons. The molecule has 1 unspecified atom stereocenters. The number of hydrogen-bond donors (Lipinski definition) is 1. The zero-order chi connectivity index (χ0) is 32.2. The zero-order valence-corrected chi connectivity index (χ0v) is 29.4. The molecule has 1 atom stereocenters. The lowest BCUT2D eigenvalue weighted by Gasteiger charge is -2.15. The van der Waals surface area contributed by atoms with E-state index in [4.69, 9.17) is 9.47 Å². The average Bonchev–Trinajstić information content (AvgIpc) is 3.02. The van der Waals surface area contributed by atoms with Gasteiger partial charge in [-0.1, -0.05) is 167 Å². The number of ether oxygens (including phenoxy) is 2. The van der Waals surface area contributed by atoms with Gasteiger partial charge in [-0.05, 0) is 38.5 Å². The van der Waals surface area contributed by atoms with Crippen molar-refractivity contribution in [2.24, 2.45) is 0 Å². The van der Waals surface area contributed by atoms with Crippen LogP contribution in [0.5, 0.6) is 0 Å². The first-order chi connectivity index (χ1) is 21.6. The number of esters is 2. The van der Waals surface area contributed by atoms with Crippen LogP contribution in [0.4, 0.5) is 0 Å². The molecule has 5 nitrogen and oxygen atoms in total. The van der Waals surface area contributed by atoms with Crippen molar-refractivity contribution in [2.75, 3.05) is 13.2 Å². The van der Waals surface area contributed by atoms with Gasteiger partial charge in [0.1, 0.15) is 6.61 Å². The Hall–Kier alpha value is -1.36. The average molecular weight is 623 g/mol.